The molecule has 1 aromatic carbocycles. The normalized spacial score (nSPS) is 11.4. The summed E-state index contributed by atoms with van der Waals surface area (Å²) in [7, 11) is 0. The summed E-state index contributed by atoms with van der Waals surface area (Å²) >= 11 is 1.51. The number of rotatable bonds is 7. The van der Waals surface area contributed by atoms with Crippen LogP contribution in [0.3, 0.4) is 0 Å². The molecule has 0 atom stereocenters. The van der Waals surface area contributed by atoms with Crippen molar-refractivity contribution in [1.82, 2.24) is 5.32 Å². The second-order valence-corrected chi connectivity index (χ2v) is 5.76. The summed E-state index contributed by atoms with van der Waals surface area (Å²) in [6.07, 6.45) is 0.646. The van der Waals surface area contributed by atoms with Gasteiger partial charge in [0.1, 0.15) is 0 Å². The fourth-order valence-corrected chi connectivity index (χ4v) is 2.12. The zero-order chi connectivity index (χ0) is 15.0. The Hall–Kier alpha value is -1.68. The summed E-state index contributed by atoms with van der Waals surface area (Å²) < 4.78 is 0. The number of thioether (sulfide) groups is 1. The molecule has 1 amide bonds. The average molecular weight is 290 g/mol. The van der Waals surface area contributed by atoms with E-state index in [1.807, 2.05) is 49.6 Å². The van der Waals surface area contributed by atoms with Crippen molar-refractivity contribution in [2.24, 2.45) is 11.7 Å². The molecule has 0 saturated heterocycles. The van der Waals surface area contributed by atoms with Gasteiger partial charge in [-0.2, -0.15) is 0 Å². The van der Waals surface area contributed by atoms with Gasteiger partial charge in [0.15, 0.2) is 0 Å². The maximum atomic E-state index is 11.4. The minimum Gasteiger partial charge on any atom is -0.402 e. The lowest BCUT2D eigenvalue weighted by Gasteiger charge is -2.08. The van der Waals surface area contributed by atoms with Gasteiger partial charge < -0.3 is 11.1 Å². The average Bonchev–Trinajstić information content (AvgIpc) is 2.45. The lowest BCUT2D eigenvalue weighted by Crippen LogP contribution is -2.29. The largest absolute Gasteiger partial charge is 0.402 e. The predicted octanol–water partition coefficient (Wildman–Crippen LogP) is 3.35. The predicted molar refractivity (Wildman–Crippen MR) is 87.8 cm³/mol. The Morgan fingerprint density at radius 3 is 2.65 bits per heavy atom. The number of benzene rings is 1. The Bertz CT molecular complexity index is 481. The lowest BCUT2D eigenvalue weighted by atomic mass is 10.2. The van der Waals surface area contributed by atoms with E-state index in [9.17, 15) is 4.79 Å². The molecule has 0 aromatic heterocycles. The topological polar surface area (TPSA) is 55.1 Å². The third kappa shape index (κ3) is 5.97. The fourth-order valence-electron chi connectivity index (χ4n) is 1.43. The molecular weight excluding hydrogens is 268 g/mol. The van der Waals surface area contributed by atoms with Gasteiger partial charge in [-0.3, -0.25) is 4.79 Å². The highest BCUT2D eigenvalue weighted by molar-refractivity contribution is 8.10. The molecule has 3 nitrogen and oxygen atoms in total. The van der Waals surface area contributed by atoms with Crippen LogP contribution in [-0.4, -0.2) is 12.5 Å². The molecule has 0 bridgehead atoms. The summed E-state index contributed by atoms with van der Waals surface area (Å²) in [4.78, 5) is 12.3. The Morgan fingerprint density at radius 1 is 1.40 bits per heavy atom. The molecule has 0 aliphatic heterocycles. The van der Waals surface area contributed by atoms with E-state index < -0.39 is 0 Å². The first kappa shape index (κ1) is 16.4. The van der Waals surface area contributed by atoms with Crippen molar-refractivity contribution in [1.29, 1.82) is 0 Å². The number of amides is 1. The van der Waals surface area contributed by atoms with E-state index in [4.69, 9.17) is 5.73 Å². The fraction of sp³-hybridized carbons (Fsp3) is 0.312. The zero-order valence-electron chi connectivity index (χ0n) is 12.1. The van der Waals surface area contributed by atoms with Gasteiger partial charge >= 0.3 is 0 Å². The van der Waals surface area contributed by atoms with Crippen molar-refractivity contribution < 1.29 is 4.79 Å². The molecule has 0 heterocycles. The van der Waals surface area contributed by atoms with Crippen LogP contribution in [0.2, 0.25) is 0 Å². The van der Waals surface area contributed by atoms with Crippen LogP contribution in [0.25, 0.3) is 4.91 Å². The second-order valence-electron chi connectivity index (χ2n) is 4.80. The first-order valence-corrected chi connectivity index (χ1v) is 7.52. The van der Waals surface area contributed by atoms with Crippen molar-refractivity contribution in [3.8, 4) is 0 Å². The summed E-state index contributed by atoms with van der Waals surface area (Å²) in [5.74, 6) is 0.0617. The Kier molecular flexibility index (Phi) is 6.94. The van der Waals surface area contributed by atoms with Gasteiger partial charge in [0.2, 0.25) is 5.91 Å². The van der Waals surface area contributed by atoms with Crippen LogP contribution in [0, 0.1) is 5.92 Å². The number of hydrogen-bond acceptors (Lipinski definition) is 3. The van der Waals surface area contributed by atoms with Gasteiger partial charge in [0, 0.05) is 29.5 Å². The monoisotopic (exact) mass is 290 g/mol. The molecule has 3 N–H and O–H groups in total. The highest BCUT2D eigenvalue weighted by atomic mass is 32.2. The minimum atomic E-state index is 0.00689. The zero-order valence-corrected chi connectivity index (χ0v) is 12.9. The SMILES string of the molecule is C=C(S/C=C(\N)CCNC(=O)C(C)C)c1ccccc1. The van der Waals surface area contributed by atoms with Crippen molar-refractivity contribution in [3.05, 3.63) is 53.6 Å². The minimum absolute atomic E-state index is 0.00689. The first-order valence-electron chi connectivity index (χ1n) is 6.64. The van der Waals surface area contributed by atoms with E-state index in [0.717, 1.165) is 16.2 Å². The van der Waals surface area contributed by atoms with Gasteiger partial charge in [0.25, 0.3) is 0 Å². The quantitative estimate of drug-likeness (QED) is 0.809. The highest BCUT2D eigenvalue weighted by Gasteiger charge is 2.05. The van der Waals surface area contributed by atoms with Gasteiger partial charge in [-0.25, -0.2) is 0 Å². The molecule has 4 heteroatoms. The van der Waals surface area contributed by atoms with Crippen LogP contribution in [0.5, 0.6) is 0 Å². The molecule has 0 aliphatic rings. The highest BCUT2D eigenvalue weighted by Crippen LogP contribution is 2.26. The molecular formula is C16H22N2OS. The number of nitrogens with two attached hydrogens (primary N) is 1. The van der Waals surface area contributed by atoms with Crippen molar-refractivity contribution in [3.63, 3.8) is 0 Å². The van der Waals surface area contributed by atoms with Crippen LogP contribution >= 0.6 is 11.8 Å². The van der Waals surface area contributed by atoms with Crippen LogP contribution in [0.1, 0.15) is 25.8 Å². The Labute approximate surface area is 125 Å². The molecule has 0 fully saturated rings. The standard InChI is InChI=1S/C16H22N2OS/c1-12(2)16(19)18-10-9-15(17)11-20-13(3)14-7-5-4-6-8-14/h4-8,11-12H,3,9-10,17H2,1-2H3,(H,18,19)/b15-11-. The summed E-state index contributed by atoms with van der Waals surface area (Å²) in [5.41, 5.74) is 7.75. The van der Waals surface area contributed by atoms with Gasteiger partial charge in [-0.1, -0.05) is 62.5 Å². The van der Waals surface area contributed by atoms with E-state index in [-0.39, 0.29) is 11.8 Å². The number of carbonyl (C=O) groups excluding carboxylic acids is 1. The van der Waals surface area contributed by atoms with E-state index >= 15 is 0 Å². The van der Waals surface area contributed by atoms with Crippen molar-refractivity contribution >= 4 is 22.6 Å². The maximum absolute atomic E-state index is 11.4. The summed E-state index contributed by atoms with van der Waals surface area (Å²) in [5, 5.41) is 4.73. The number of nitrogens with one attached hydrogen (secondary N) is 1. The number of carbonyl (C=O) groups is 1. The lowest BCUT2D eigenvalue weighted by molar-refractivity contribution is -0.123. The molecule has 1 aromatic rings. The van der Waals surface area contributed by atoms with Crippen molar-refractivity contribution in [2.75, 3.05) is 6.54 Å². The Balaban J connectivity index is 2.35. The van der Waals surface area contributed by atoms with Crippen LogP contribution < -0.4 is 11.1 Å². The molecule has 1 rings (SSSR count). The van der Waals surface area contributed by atoms with E-state index in [1.54, 1.807) is 0 Å². The third-order valence-electron chi connectivity index (χ3n) is 2.69. The van der Waals surface area contributed by atoms with Gasteiger partial charge in [-0.05, 0) is 11.0 Å². The van der Waals surface area contributed by atoms with Crippen LogP contribution in [-0.2, 0) is 4.79 Å². The smallest absolute Gasteiger partial charge is 0.222 e. The van der Waals surface area contributed by atoms with E-state index in [0.29, 0.717) is 13.0 Å². The molecule has 108 valence electrons. The van der Waals surface area contributed by atoms with E-state index in [2.05, 4.69) is 11.9 Å². The molecule has 0 saturated carbocycles. The summed E-state index contributed by atoms with van der Waals surface area (Å²) in [6, 6.07) is 9.97. The first-order chi connectivity index (χ1) is 9.50. The second kappa shape index (κ2) is 8.48. The molecule has 0 aliphatic carbocycles. The third-order valence-corrected chi connectivity index (χ3v) is 3.63. The van der Waals surface area contributed by atoms with E-state index in [1.165, 1.54) is 11.8 Å². The van der Waals surface area contributed by atoms with Gasteiger partial charge in [-0.15, -0.1) is 0 Å². The van der Waals surface area contributed by atoms with Gasteiger partial charge in [0.05, 0.1) is 0 Å². The maximum Gasteiger partial charge on any atom is 0.222 e. The van der Waals surface area contributed by atoms with Crippen molar-refractivity contribution in [2.45, 2.75) is 20.3 Å². The molecule has 0 radical (unpaired) electrons. The molecule has 20 heavy (non-hydrogen) atoms. The Morgan fingerprint density at radius 2 is 2.05 bits per heavy atom. The summed E-state index contributed by atoms with van der Waals surface area (Å²) in [6.45, 7) is 8.33. The molecule has 0 unspecified atom stereocenters. The number of hydrogen-bond donors (Lipinski definition) is 2. The van der Waals surface area contributed by atoms with Crippen LogP contribution in [0.4, 0.5) is 0 Å². The molecule has 0 spiro atoms. The van der Waals surface area contributed by atoms with Crippen LogP contribution in [0.15, 0.2) is 48.0 Å².